The molecule has 5 heteroatoms. The van der Waals surface area contributed by atoms with Crippen molar-refractivity contribution in [3.05, 3.63) is 29.6 Å². The van der Waals surface area contributed by atoms with Crippen LogP contribution in [0.5, 0.6) is 5.75 Å². The van der Waals surface area contributed by atoms with Gasteiger partial charge in [-0.15, -0.1) is 0 Å². The summed E-state index contributed by atoms with van der Waals surface area (Å²) in [7, 11) is 1.81. The number of carbonyl (C=O) groups excluding carboxylic acids is 1. The highest BCUT2D eigenvalue weighted by atomic mass is 19.1. The van der Waals surface area contributed by atoms with Crippen LogP contribution >= 0.6 is 0 Å². The van der Waals surface area contributed by atoms with Crippen LogP contribution in [0.3, 0.4) is 0 Å². The zero-order valence-electron chi connectivity index (χ0n) is 10.9. The average molecular weight is 254 g/mol. The first-order chi connectivity index (χ1) is 8.58. The maximum Gasteiger partial charge on any atom is 0.257 e. The van der Waals surface area contributed by atoms with Gasteiger partial charge in [0, 0.05) is 12.6 Å². The lowest BCUT2D eigenvalue weighted by atomic mass is 10.1. The van der Waals surface area contributed by atoms with Crippen molar-refractivity contribution < 1.29 is 13.9 Å². The van der Waals surface area contributed by atoms with Crippen molar-refractivity contribution >= 4 is 5.91 Å². The van der Waals surface area contributed by atoms with E-state index in [1.54, 1.807) is 6.07 Å². The van der Waals surface area contributed by atoms with Crippen LogP contribution in [-0.4, -0.2) is 26.1 Å². The Morgan fingerprint density at radius 1 is 1.50 bits per heavy atom. The van der Waals surface area contributed by atoms with Gasteiger partial charge in [0.15, 0.2) is 18.2 Å². The van der Waals surface area contributed by atoms with Gasteiger partial charge in [-0.1, -0.05) is 6.07 Å². The lowest BCUT2D eigenvalue weighted by Gasteiger charge is -2.12. The van der Waals surface area contributed by atoms with Gasteiger partial charge in [0.2, 0.25) is 0 Å². The van der Waals surface area contributed by atoms with Crippen LogP contribution in [0.1, 0.15) is 25.5 Å². The summed E-state index contributed by atoms with van der Waals surface area (Å²) in [6.45, 7) is 4.10. The van der Waals surface area contributed by atoms with E-state index in [0.29, 0.717) is 6.54 Å². The fourth-order valence-corrected chi connectivity index (χ4v) is 1.46. The first-order valence-electron chi connectivity index (χ1n) is 5.94. The topological polar surface area (TPSA) is 50.4 Å². The summed E-state index contributed by atoms with van der Waals surface area (Å²) in [5.41, 5.74) is 0.834. The van der Waals surface area contributed by atoms with E-state index in [4.69, 9.17) is 4.74 Å². The van der Waals surface area contributed by atoms with E-state index in [0.717, 1.165) is 5.56 Å². The number of ether oxygens (including phenoxy) is 1. The quantitative estimate of drug-likeness (QED) is 0.811. The summed E-state index contributed by atoms with van der Waals surface area (Å²) in [5, 5.41) is 5.60. The third-order valence-corrected chi connectivity index (χ3v) is 2.62. The average Bonchev–Trinajstić information content (AvgIpc) is 2.36. The molecule has 0 aliphatic rings. The van der Waals surface area contributed by atoms with Crippen molar-refractivity contribution in [1.29, 1.82) is 0 Å². The van der Waals surface area contributed by atoms with Crippen LogP contribution in [0.15, 0.2) is 18.2 Å². The molecule has 1 rings (SSSR count). The summed E-state index contributed by atoms with van der Waals surface area (Å²) >= 11 is 0. The second-order valence-corrected chi connectivity index (χ2v) is 3.94. The third-order valence-electron chi connectivity index (χ3n) is 2.62. The lowest BCUT2D eigenvalue weighted by Crippen LogP contribution is -2.28. The van der Waals surface area contributed by atoms with Crippen LogP contribution in [0, 0.1) is 5.82 Å². The molecule has 0 heterocycles. The molecule has 0 saturated heterocycles. The van der Waals surface area contributed by atoms with E-state index in [1.807, 2.05) is 20.9 Å². The Morgan fingerprint density at radius 2 is 2.22 bits per heavy atom. The van der Waals surface area contributed by atoms with Crippen LogP contribution in [0.2, 0.25) is 0 Å². The molecular weight excluding hydrogens is 235 g/mol. The molecule has 1 aromatic rings. The molecule has 18 heavy (non-hydrogen) atoms. The molecular formula is C13H19FN2O2. The van der Waals surface area contributed by atoms with Crippen LogP contribution in [-0.2, 0) is 4.79 Å². The number of halogens is 1. The monoisotopic (exact) mass is 254 g/mol. The Morgan fingerprint density at radius 3 is 2.78 bits per heavy atom. The van der Waals surface area contributed by atoms with Gasteiger partial charge in [0.1, 0.15) is 0 Å². The molecule has 0 fully saturated rings. The maximum absolute atomic E-state index is 13.7. The Balaban J connectivity index is 2.65. The molecule has 4 nitrogen and oxygen atoms in total. The number of carbonyl (C=O) groups is 1. The number of likely N-dealkylation sites (N-methyl/N-ethyl adjacent to an activating group) is 1. The third kappa shape index (κ3) is 4.00. The number of amides is 1. The minimum atomic E-state index is -0.459. The second-order valence-electron chi connectivity index (χ2n) is 3.94. The van der Waals surface area contributed by atoms with Gasteiger partial charge in [-0.3, -0.25) is 4.79 Å². The van der Waals surface area contributed by atoms with E-state index in [9.17, 15) is 9.18 Å². The van der Waals surface area contributed by atoms with Crippen LogP contribution in [0.25, 0.3) is 0 Å². The van der Waals surface area contributed by atoms with Gasteiger partial charge in [0.05, 0.1) is 0 Å². The maximum atomic E-state index is 13.7. The van der Waals surface area contributed by atoms with Crippen molar-refractivity contribution in [2.75, 3.05) is 20.2 Å². The van der Waals surface area contributed by atoms with Gasteiger partial charge in [0.25, 0.3) is 5.91 Å². The van der Waals surface area contributed by atoms with Gasteiger partial charge < -0.3 is 15.4 Å². The summed E-state index contributed by atoms with van der Waals surface area (Å²) in [4.78, 5) is 11.2. The second kappa shape index (κ2) is 6.96. The largest absolute Gasteiger partial charge is 0.481 e. The number of hydrogen-bond donors (Lipinski definition) is 2. The van der Waals surface area contributed by atoms with Crippen molar-refractivity contribution in [2.24, 2.45) is 0 Å². The number of rotatable bonds is 6. The highest BCUT2D eigenvalue weighted by Gasteiger charge is 2.09. The summed E-state index contributed by atoms with van der Waals surface area (Å²) in [5.74, 6) is -0.628. The molecule has 0 aliphatic heterocycles. The molecule has 0 spiro atoms. The van der Waals surface area contributed by atoms with Crippen LogP contribution < -0.4 is 15.4 Å². The SMILES string of the molecule is CCNC(=O)COc1ccc(C(C)NC)cc1F. The highest BCUT2D eigenvalue weighted by molar-refractivity contribution is 5.77. The first kappa shape index (κ1) is 14.4. The minimum absolute atomic E-state index is 0.0666. The van der Waals surface area contributed by atoms with E-state index >= 15 is 0 Å². The summed E-state index contributed by atoms with van der Waals surface area (Å²) in [6.07, 6.45) is 0. The molecule has 0 radical (unpaired) electrons. The van der Waals surface area contributed by atoms with E-state index in [-0.39, 0.29) is 24.3 Å². The predicted molar refractivity (Wildman–Crippen MR) is 68.1 cm³/mol. The highest BCUT2D eigenvalue weighted by Crippen LogP contribution is 2.21. The predicted octanol–water partition coefficient (Wildman–Crippen LogP) is 1.62. The Kier molecular flexibility index (Phi) is 5.58. The summed E-state index contributed by atoms with van der Waals surface area (Å²) in [6, 6.07) is 4.79. The molecule has 0 bridgehead atoms. The Labute approximate surface area is 107 Å². The van der Waals surface area contributed by atoms with Gasteiger partial charge >= 0.3 is 0 Å². The van der Waals surface area contributed by atoms with Crippen molar-refractivity contribution in [3.63, 3.8) is 0 Å². The van der Waals surface area contributed by atoms with Crippen molar-refractivity contribution in [1.82, 2.24) is 10.6 Å². The van der Waals surface area contributed by atoms with Gasteiger partial charge in [-0.2, -0.15) is 0 Å². The molecule has 0 saturated carbocycles. The fourth-order valence-electron chi connectivity index (χ4n) is 1.46. The number of hydrogen-bond acceptors (Lipinski definition) is 3. The fraction of sp³-hybridized carbons (Fsp3) is 0.462. The molecule has 2 N–H and O–H groups in total. The number of benzene rings is 1. The van der Waals surface area contributed by atoms with E-state index in [2.05, 4.69) is 10.6 Å². The smallest absolute Gasteiger partial charge is 0.257 e. The zero-order valence-corrected chi connectivity index (χ0v) is 10.9. The van der Waals surface area contributed by atoms with Crippen molar-refractivity contribution in [2.45, 2.75) is 19.9 Å². The normalized spacial score (nSPS) is 12.0. The minimum Gasteiger partial charge on any atom is -0.481 e. The number of nitrogens with one attached hydrogen (secondary N) is 2. The Hall–Kier alpha value is -1.62. The Bertz CT molecular complexity index is 410. The molecule has 1 atom stereocenters. The van der Waals surface area contributed by atoms with E-state index in [1.165, 1.54) is 12.1 Å². The molecule has 1 amide bonds. The molecule has 1 aromatic carbocycles. The lowest BCUT2D eigenvalue weighted by molar-refractivity contribution is -0.123. The first-order valence-corrected chi connectivity index (χ1v) is 5.94. The standard InChI is InChI=1S/C13H19FN2O2/c1-4-16-13(17)8-18-12-6-5-10(7-11(12)14)9(2)15-3/h5-7,9,15H,4,8H2,1-3H3,(H,16,17). The van der Waals surface area contributed by atoms with Crippen molar-refractivity contribution in [3.8, 4) is 5.75 Å². The molecule has 1 unspecified atom stereocenters. The zero-order chi connectivity index (χ0) is 13.5. The molecule has 0 aromatic heterocycles. The molecule has 100 valence electrons. The summed E-state index contributed by atoms with van der Waals surface area (Å²) < 4.78 is 18.8. The molecule has 0 aliphatic carbocycles. The van der Waals surface area contributed by atoms with Crippen LogP contribution in [0.4, 0.5) is 4.39 Å². The van der Waals surface area contributed by atoms with E-state index < -0.39 is 5.82 Å². The van der Waals surface area contributed by atoms with Gasteiger partial charge in [-0.25, -0.2) is 4.39 Å². The van der Waals surface area contributed by atoms with Gasteiger partial charge in [-0.05, 0) is 38.6 Å².